The molecule has 0 radical (unpaired) electrons. The van der Waals surface area contributed by atoms with Crippen LogP contribution in [0.2, 0.25) is 0 Å². The van der Waals surface area contributed by atoms with Gasteiger partial charge in [-0.3, -0.25) is 9.48 Å². The average Bonchev–Trinajstić information content (AvgIpc) is 2.97. The van der Waals surface area contributed by atoms with E-state index in [1.165, 1.54) is 6.33 Å². The van der Waals surface area contributed by atoms with Gasteiger partial charge in [0.25, 0.3) is 0 Å². The van der Waals surface area contributed by atoms with E-state index in [1.807, 2.05) is 0 Å². The topological polar surface area (TPSA) is 80.0 Å². The largest absolute Gasteiger partial charge is 0.396 e. The van der Waals surface area contributed by atoms with E-state index in [2.05, 4.69) is 15.4 Å². The Bertz CT molecular complexity index is 352. The fraction of sp³-hybridized carbons (Fsp3) is 0.727. The first-order chi connectivity index (χ1) is 8.29. The number of hydrogen-bond acceptors (Lipinski definition) is 4. The van der Waals surface area contributed by atoms with E-state index in [9.17, 15) is 4.79 Å². The number of carbonyl (C=O) groups excluding carboxylic acids is 1. The molecule has 2 N–H and O–H groups in total. The second kappa shape index (κ2) is 5.77. The molecule has 1 saturated carbocycles. The average molecular weight is 238 g/mol. The molecule has 1 aliphatic rings. The monoisotopic (exact) mass is 238 g/mol. The lowest BCUT2D eigenvalue weighted by molar-refractivity contribution is -0.122. The van der Waals surface area contributed by atoms with Gasteiger partial charge in [-0.15, -0.1) is 0 Å². The van der Waals surface area contributed by atoms with Crippen molar-refractivity contribution in [2.75, 3.05) is 6.61 Å². The molecule has 2 rings (SSSR count). The number of nitrogens with zero attached hydrogens (tertiary/aromatic N) is 3. The molecule has 0 bridgehead atoms. The van der Waals surface area contributed by atoms with Gasteiger partial charge in [-0.25, -0.2) is 4.98 Å². The summed E-state index contributed by atoms with van der Waals surface area (Å²) in [6.45, 7) is 0.705. The maximum atomic E-state index is 11.7. The molecule has 2 unspecified atom stereocenters. The molecule has 1 aliphatic carbocycles. The van der Waals surface area contributed by atoms with Crippen LogP contribution < -0.4 is 5.32 Å². The molecule has 1 aromatic rings. The fourth-order valence-corrected chi connectivity index (χ4v) is 2.29. The zero-order chi connectivity index (χ0) is 12.1. The number of nitrogens with one attached hydrogen (secondary N) is 1. The van der Waals surface area contributed by atoms with E-state index in [0.29, 0.717) is 13.0 Å². The highest BCUT2D eigenvalue weighted by Crippen LogP contribution is 2.24. The standard InChI is InChI=1S/C11H18N4O2/c16-6-9-2-1-3-10(9)14-11(17)4-5-15-8-12-7-13-15/h7-10,16H,1-6H2,(H,14,17). The first-order valence-corrected chi connectivity index (χ1v) is 6.02. The van der Waals surface area contributed by atoms with Gasteiger partial charge in [0, 0.05) is 25.0 Å². The molecule has 6 heteroatoms. The summed E-state index contributed by atoms with van der Waals surface area (Å²) < 4.78 is 1.64. The third-order valence-corrected chi connectivity index (χ3v) is 3.27. The van der Waals surface area contributed by atoms with Crippen molar-refractivity contribution < 1.29 is 9.90 Å². The summed E-state index contributed by atoms with van der Waals surface area (Å²) in [6, 6.07) is 0.142. The predicted molar refractivity (Wildman–Crippen MR) is 61.0 cm³/mol. The van der Waals surface area contributed by atoms with E-state index in [1.54, 1.807) is 11.0 Å². The third kappa shape index (κ3) is 3.26. The Balaban J connectivity index is 1.73. The molecule has 0 aromatic carbocycles. The lowest BCUT2D eigenvalue weighted by Crippen LogP contribution is -2.38. The van der Waals surface area contributed by atoms with Crippen LogP contribution in [0.15, 0.2) is 12.7 Å². The summed E-state index contributed by atoms with van der Waals surface area (Å²) in [5.74, 6) is 0.246. The summed E-state index contributed by atoms with van der Waals surface area (Å²) in [4.78, 5) is 15.5. The van der Waals surface area contributed by atoms with Gasteiger partial charge in [-0.05, 0) is 12.8 Å². The number of hydrogen-bond donors (Lipinski definition) is 2. The first-order valence-electron chi connectivity index (χ1n) is 6.02. The van der Waals surface area contributed by atoms with Crippen LogP contribution in [-0.2, 0) is 11.3 Å². The Morgan fingerprint density at radius 3 is 3.12 bits per heavy atom. The van der Waals surface area contributed by atoms with E-state index in [-0.39, 0.29) is 24.5 Å². The van der Waals surface area contributed by atoms with Gasteiger partial charge < -0.3 is 10.4 Å². The first kappa shape index (κ1) is 12.0. The number of aliphatic hydroxyl groups is 1. The van der Waals surface area contributed by atoms with E-state index in [0.717, 1.165) is 19.3 Å². The molecule has 6 nitrogen and oxygen atoms in total. The summed E-state index contributed by atoms with van der Waals surface area (Å²) in [5.41, 5.74) is 0. The fourth-order valence-electron chi connectivity index (χ4n) is 2.29. The number of aliphatic hydroxyl groups excluding tert-OH is 1. The molecule has 0 saturated heterocycles. The predicted octanol–water partition coefficient (Wildman–Crippen LogP) is -0.0546. The molecule has 0 spiro atoms. The molecule has 2 atom stereocenters. The van der Waals surface area contributed by atoms with Crippen LogP contribution in [0.5, 0.6) is 0 Å². The van der Waals surface area contributed by atoms with Crippen molar-refractivity contribution in [2.24, 2.45) is 5.92 Å². The summed E-state index contributed by atoms with van der Waals surface area (Å²) >= 11 is 0. The third-order valence-electron chi connectivity index (χ3n) is 3.27. The molecule has 1 heterocycles. The zero-order valence-corrected chi connectivity index (χ0v) is 9.75. The SMILES string of the molecule is O=C(CCn1cncn1)NC1CCCC1CO. The van der Waals surface area contributed by atoms with Crippen LogP contribution in [-0.4, -0.2) is 38.4 Å². The highest BCUT2D eigenvalue weighted by molar-refractivity contribution is 5.76. The summed E-state index contributed by atoms with van der Waals surface area (Å²) in [6.07, 6.45) is 6.51. The van der Waals surface area contributed by atoms with E-state index >= 15 is 0 Å². The van der Waals surface area contributed by atoms with Gasteiger partial charge >= 0.3 is 0 Å². The summed E-state index contributed by atoms with van der Waals surface area (Å²) in [7, 11) is 0. The minimum atomic E-state index is 0.0193. The van der Waals surface area contributed by atoms with Crippen LogP contribution in [0.25, 0.3) is 0 Å². The Hall–Kier alpha value is -1.43. The highest BCUT2D eigenvalue weighted by atomic mass is 16.3. The molecule has 17 heavy (non-hydrogen) atoms. The Morgan fingerprint density at radius 1 is 1.53 bits per heavy atom. The maximum Gasteiger partial charge on any atom is 0.222 e. The van der Waals surface area contributed by atoms with E-state index in [4.69, 9.17) is 5.11 Å². The van der Waals surface area contributed by atoms with Crippen LogP contribution >= 0.6 is 0 Å². The lowest BCUT2D eigenvalue weighted by atomic mass is 10.1. The van der Waals surface area contributed by atoms with Crippen LogP contribution in [0.4, 0.5) is 0 Å². The van der Waals surface area contributed by atoms with Crippen molar-refractivity contribution in [1.29, 1.82) is 0 Å². The van der Waals surface area contributed by atoms with Crippen molar-refractivity contribution in [1.82, 2.24) is 20.1 Å². The quantitative estimate of drug-likeness (QED) is 0.753. The molecular formula is C11H18N4O2. The summed E-state index contributed by atoms with van der Waals surface area (Å²) in [5, 5.41) is 16.1. The Labute approximate surface area is 100 Å². The number of aromatic nitrogens is 3. The van der Waals surface area contributed by atoms with Gasteiger partial charge in [0.2, 0.25) is 5.91 Å². The lowest BCUT2D eigenvalue weighted by Gasteiger charge is -2.18. The van der Waals surface area contributed by atoms with Gasteiger partial charge in [-0.1, -0.05) is 6.42 Å². The van der Waals surface area contributed by atoms with Crippen molar-refractivity contribution in [3.8, 4) is 0 Å². The number of aryl methyl sites for hydroxylation is 1. The molecule has 1 aromatic heterocycles. The molecule has 0 aliphatic heterocycles. The van der Waals surface area contributed by atoms with Gasteiger partial charge in [-0.2, -0.15) is 5.10 Å². The van der Waals surface area contributed by atoms with Crippen molar-refractivity contribution >= 4 is 5.91 Å². The van der Waals surface area contributed by atoms with Crippen molar-refractivity contribution in [3.63, 3.8) is 0 Å². The normalized spacial score (nSPS) is 23.8. The second-order valence-corrected chi connectivity index (χ2v) is 4.46. The van der Waals surface area contributed by atoms with Crippen LogP contribution in [0, 0.1) is 5.92 Å². The second-order valence-electron chi connectivity index (χ2n) is 4.46. The van der Waals surface area contributed by atoms with Crippen LogP contribution in [0.3, 0.4) is 0 Å². The van der Waals surface area contributed by atoms with Gasteiger partial charge in [0.15, 0.2) is 0 Å². The Kier molecular flexibility index (Phi) is 4.08. The smallest absolute Gasteiger partial charge is 0.222 e. The van der Waals surface area contributed by atoms with Gasteiger partial charge in [0.05, 0.1) is 6.54 Å². The molecule has 1 amide bonds. The van der Waals surface area contributed by atoms with Crippen molar-refractivity contribution in [3.05, 3.63) is 12.7 Å². The molecular weight excluding hydrogens is 220 g/mol. The molecule has 94 valence electrons. The molecule has 1 fully saturated rings. The maximum absolute atomic E-state index is 11.7. The van der Waals surface area contributed by atoms with E-state index < -0.39 is 0 Å². The zero-order valence-electron chi connectivity index (χ0n) is 9.75. The Morgan fingerprint density at radius 2 is 2.41 bits per heavy atom. The van der Waals surface area contributed by atoms with Gasteiger partial charge in [0.1, 0.15) is 12.7 Å². The number of rotatable bonds is 5. The minimum absolute atomic E-state index is 0.0193. The number of carbonyl (C=O) groups is 1. The van der Waals surface area contributed by atoms with Crippen molar-refractivity contribution in [2.45, 2.75) is 38.3 Å². The van der Waals surface area contributed by atoms with Crippen LogP contribution in [0.1, 0.15) is 25.7 Å². The highest BCUT2D eigenvalue weighted by Gasteiger charge is 2.27. The minimum Gasteiger partial charge on any atom is -0.396 e. The number of amides is 1.